The minimum absolute atomic E-state index is 0.0424. The minimum atomic E-state index is -0.662. The van der Waals surface area contributed by atoms with Crippen molar-refractivity contribution in [3.63, 3.8) is 0 Å². The molecule has 1 aromatic carbocycles. The number of hydrogen-bond acceptors (Lipinski definition) is 2. The Hall–Kier alpha value is -0.680. The first-order valence-corrected chi connectivity index (χ1v) is 8.20. The summed E-state index contributed by atoms with van der Waals surface area (Å²) in [5, 5.41) is 0. The lowest BCUT2D eigenvalue weighted by Gasteiger charge is -2.34. The molecular formula is C15H17Br2NO2. The summed E-state index contributed by atoms with van der Waals surface area (Å²) in [4.78, 5) is 26.7. The second-order valence-corrected chi connectivity index (χ2v) is 8.31. The fraction of sp³-hybridized carbons (Fsp3) is 0.467. The molecule has 1 saturated heterocycles. The van der Waals surface area contributed by atoms with Crippen molar-refractivity contribution < 1.29 is 9.59 Å². The van der Waals surface area contributed by atoms with Crippen LogP contribution in [-0.4, -0.2) is 22.6 Å². The summed E-state index contributed by atoms with van der Waals surface area (Å²) in [6.07, 6.45) is 1.47. The van der Waals surface area contributed by atoms with Crippen LogP contribution < -0.4 is 4.90 Å². The van der Waals surface area contributed by atoms with Crippen LogP contribution in [0.25, 0.3) is 0 Å². The maximum absolute atomic E-state index is 12.6. The van der Waals surface area contributed by atoms with Crippen LogP contribution in [0.5, 0.6) is 0 Å². The van der Waals surface area contributed by atoms with E-state index in [1.165, 1.54) is 0 Å². The number of carbonyl (C=O) groups excluding carboxylic acids is 2. The monoisotopic (exact) mass is 401 g/mol. The largest absolute Gasteiger partial charge is 0.311 e. The molecular weight excluding hydrogens is 386 g/mol. The normalized spacial score (nSPS) is 20.1. The van der Waals surface area contributed by atoms with Gasteiger partial charge in [-0.3, -0.25) is 9.59 Å². The summed E-state index contributed by atoms with van der Waals surface area (Å²) >= 11 is 6.84. The molecule has 3 nitrogen and oxygen atoms in total. The molecule has 1 atom stereocenters. The second-order valence-electron chi connectivity index (χ2n) is 5.47. The van der Waals surface area contributed by atoms with Crippen LogP contribution in [0, 0.1) is 5.92 Å². The van der Waals surface area contributed by atoms with E-state index in [1.807, 2.05) is 24.3 Å². The third-order valence-electron chi connectivity index (χ3n) is 3.48. The molecule has 0 aliphatic carbocycles. The molecule has 0 spiro atoms. The highest BCUT2D eigenvalue weighted by atomic mass is 79.9. The second kappa shape index (κ2) is 5.98. The van der Waals surface area contributed by atoms with Crippen molar-refractivity contribution in [1.29, 1.82) is 0 Å². The number of amides is 1. The number of benzene rings is 1. The number of rotatable bonds is 3. The van der Waals surface area contributed by atoms with E-state index >= 15 is 0 Å². The molecule has 1 amide bonds. The molecule has 5 heteroatoms. The molecule has 0 aromatic heterocycles. The van der Waals surface area contributed by atoms with Crippen molar-refractivity contribution >= 4 is 49.2 Å². The molecule has 20 heavy (non-hydrogen) atoms. The van der Waals surface area contributed by atoms with E-state index in [4.69, 9.17) is 0 Å². The number of anilines is 1. The predicted molar refractivity (Wildman–Crippen MR) is 87.2 cm³/mol. The smallest absolute Gasteiger partial charge is 0.237 e. The van der Waals surface area contributed by atoms with Crippen molar-refractivity contribution in [3.05, 3.63) is 28.7 Å². The Bertz CT molecular complexity index is 537. The zero-order valence-electron chi connectivity index (χ0n) is 11.5. The summed E-state index contributed by atoms with van der Waals surface area (Å²) in [5.41, 5.74) is 0.836. The van der Waals surface area contributed by atoms with Gasteiger partial charge in [-0.05, 0) is 54.8 Å². The Kier molecular flexibility index (Phi) is 4.69. The highest BCUT2D eigenvalue weighted by Crippen LogP contribution is 2.33. The Morgan fingerprint density at radius 2 is 2.00 bits per heavy atom. The fourth-order valence-corrected chi connectivity index (χ4v) is 3.22. The number of Topliss-reactive ketones (excluding diaryl/α,β-unsaturated/α-hetero) is 1. The number of nitrogens with zero attached hydrogens (tertiary/aromatic N) is 1. The lowest BCUT2D eigenvalue weighted by atomic mass is 9.87. The van der Waals surface area contributed by atoms with Crippen LogP contribution in [0.4, 0.5) is 5.69 Å². The lowest BCUT2D eigenvalue weighted by Crippen LogP contribution is -2.48. The highest BCUT2D eigenvalue weighted by molar-refractivity contribution is 9.10. The first-order valence-electron chi connectivity index (χ1n) is 6.61. The van der Waals surface area contributed by atoms with Crippen molar-refractivity contribution in [2.24, 2.45) is 5.92 Å². The number of hydrogen-bond donors (Lipinski definition) is 0. The van der Waals surface area contributed by atoms with Crippen LogP contribution >= 0.6 is 31.9 Å². The van der Waals surface area contributed by atoms with Gasteiger partial charge in [-0.15, -0.1) is 0 Å². The van der Waals surface area contributed by atoms with Crippen LogP contribution in [0.2, 0.25) is 0 Å². The zero-order valence-corrected chi connectivity index (χ0v) is 14.7. The van der Waals surface area contributed by atoms with Gasteiger partial charge in [-0.25, -0.2) is 0 Å². The fourth-order valence-electron chi connectivity index (χ4n) is 2.44. The standard InChI is InChI=1S/C15H17Br2NO2/c1-15(2,17)13(19)10-6-5-9-18(14(10)20)12-8-4-3-7-11(12)16/h3-4,7-8,10H,5-6,9H2,1-2H3. The average molecular weight is 403 g/mol. The van der Waals surface area contributed by atoms with Crippen molar-refractivity contribution in [3.8, 4) is 0 Å². The van der Waals surface area contributed by atoms with E-state index in [0.29, 0.717) is 13.0 Å². The molecule has 108 valence electrons. The first kappa shape index (κ1) is 15.7. The van der Waals surface area contributed by atoms with Gasteiger partial charge >= 0.3 is 0 Å². The summed E-state index contributed by atoms with van der Waals surface area (Å²) < 4.78 is 0.212. The van der Waals surface area contributed by atoms with Gasteiger partial charge in [0, 0.05) is 11.0 Å². The molecule has 1 heterocycles. The van der Waals surface area contributed by atoms with E-state index in [9.17, 15) is 9.59 Å². The first-order chi connectivity index (χ1) is 9.32. The molecule has 0 N–H and O–H groups in total. The van der Waals surface area contributed by atoms with Crippen molar-refractivity contribution in [2.75, 3.05) is 11.4 Å². The summed E-state index contributed by atoms with van der Waals surface area (Å²) in [6, 6.07) is 7.61. The molecule has 1 aliphatic rings. The molecule has 1 unspecified atom stereocenters. The molecule has 0 radical (unpaired) electrons. The number of ketones is 1. The summed E-state index contributed by atoms with van der Waals surface area (Å²) in [7, 11) is 0. The number of para-hydroxylation sites is 1. The third-order valence-corrected chi connectivity index (χ3v) is 4.55. The van der Waals surface area contributed by atoms with Gasteiger partial charge < -0.3 is 4.90 Å². The summed E-state index contributed by atoms with van der Waals surface area (Å²) in [6.45, 7) is 4.24. The summed E-state index contributed by atoms with van der Waals surface area (Å²) in [5.74, 6) is -0.690. The topological polar surface area (TPSA) is 37.4 Å². The Balaban J connectivity index is 2.28. The maximum Gasteiger partial charge on any atom is 0.237 e. The Labute approximate surface area is 136 Å². The number of alkyl halides is 1. The van der Waals surface area contributed by atoms with E-state index < -0.39 is 10.2 Å². The van der Waals surface area contributed by atoms with Crippen LogP contribution in [0.15, 0.2) is 28.7 Å². The molecule has 0 saturated carbocycles. The van der Waals surface area contributed by atoms with E-state index in [0.717, 1.165) is 16.6 Å². The third kappa shape index (κ3) is 3.14. The van der Waals surface area contributed by atoms with Crippen molar-refractivity contribution in [2.45, 2.75) is 31.0 Å². The molecule has 1 fully saturated rings. The number of halogens is 2. The van der Waals surface area contributed by atoms with Crippen LogP contribution in [0.3, 0.4) is 0 Å². The zero-order chi connectivity index (χ0) is 14.9. The van der Waals surface area contributed by atoms with E-state index in [2.05, 4.69) is 31.9 Å². The molecule has 0 bridgehead atoms. The molecule has 1 aromatic rings. The SMILES string of the molecule is CC(C)(Br)C(=O)C1CCCN(c2ccccc2Br)C1=O. The Morgan fingerprint density at radius 1 is 1.35 bits per heavy atom. The van der Waals surface area contributed by atoms with Gasteiger partial charge in [0.15, 0.2) is 5.78 Å². The van der Waals surface area contributed by atoms with Gasteiger partial charge in [0.05, 0.1) is 15.9 Å². The van der Waals surface area contributed by atoms with Gasteiger partial charge in [-0.1, -0.05) is 28.1 Å². The highest BCUT2D eigenvalue weighted by Gasteiger charge is 2.40. The average Bonchev–Trinajstić information content (AvgIpc) is 2.38. The van der Waals surface area contributed by atoms with Gasteiger partial charge in [-0.2, -0.15) is 0 Å². The number of carbonyl (C=O) groups is 2. The van der Waals surface area contributed by atoms with Crippen molar-refractivity contribution in [1.82, 2.24) is 0 Å². The minimum Gasteiger partial charge on any atom is -0.311 e. The predicted octanol–water partition coefficient (Wildman–Crippen LogP) is 3.93. The van der Waals surface area contributed by atoms with E-state index in [-0.39, 0.29) is 11.7 Å². The van der Waals surface area contributed by atoms with Crippen LogP contribution in [-0.2, 0) is 9.59 Å². The molecule has 1 aliphatic heterocycles. The van der Waals surface area contributed by atoms with Gasteiger partial charge in [0.25, 0.3) is 0 Å². The lowest BCUT2D eigenvalue weighted by molar-refractivity contribution is -0.134. The maximum atomic E-state index is 12.6. The van der Waals surface area contributed by atoms with Gasteiger partial charge in [0.2, 0.25) is 5.91 Å². The quantitative estimate of drug-likeness (QED) is 0.567. The number of piperidine rings is 1. The van der Waals surface area contributed by atoms with Gasteiger partial charge in [0.1, 0.15) is 0 Å². The molecule has 2 rings (SSSR count). The Morgan fingerprint density at radius 3 is 2.60 bits per heavy atom. The van der Waals surface area contributed by atoms with Crippen LogP contribution in [0.1, 0.15) is 26.7 Å². The van der Waals surface area contributed by atoms with E-state index in [1.54, 1.807) is 18.7 Å².